The van der Waals surface area contributed by atoms with Crippen LogP contribution >= 0.6 is 11.6 Å². The van der Waals surface area contributed by atoms with Crippen LogP contribution < -0.4 is 11.1 Å². The first-order chi connectivity index (χ1) is 8.61. The fraction of sp³-hybridized carbons (Fsp3) is 0.0714. The smallest absolute Gasteiger partial charge is 0.0992 e. The summed E-state index contributed by atoms with van der Waals surface area (Å²) >= 11 is 6.08. The summed E-state index contributed by atoms with van der Waals surface area (Å²) in [6.07, 6.45) is 0. The average molecular weight is 258 g/mol. The van der Waals surface area contributed by atoms with Crippen LogP contribution in [0.3, 0.4) is 0 Å². The number of rotatable bonds is 2. The second-order valence-electron chi connectivity index (χ2n) is 3.97. The van der Waals surface area contributed by atoms with Gasteiger partial charge in [-0.1, -0.05) is 23.7 Å². The molecule has 0 saturated carbocycles. The third-order valence-corrected chi connectivity index (χ3v) is 3.02. The van der Waals surface area contributed by atoms with Crippen LogP contribution in [-0.2, 0) is 0 Å². The van der Waals surface area contributed by atoms with Crippen molar-refractivity contribution in [2.24, 2.45) is 0 Å². The Morgan fingerprint density at radius 2 is 2.00 bits per heavy atom. The van der Waals surface area contributed by atoms with Crippen LogP contribution in [0.4, 0.5) is 17.1 Å². The highest BCUT2D eigenvalue weighted by Gasteiger charge is 2.06. The largest absolute Gasteiger partial charge is 0.397 e. The Labute approximate surface area is 111 Å². The van der Waals surface area contributed by atoms with Crippen LogP contribution in [0.25, 0.3) is 0 Å². The van der Waals surface area contributed by atoms with Gasteiger partial charge >= 0.3 is 0 Å². The molecule has 0 aromatic heterocycles. The van der Waals surface area contributed by atoms with E-state index in [0.717, 1.165) is 11.3 Å². The van der Waals surface area contributed by atoms with Crippen molar-refractivity contribution in [3.8, 4) is 6.07 Å². The molecule has 0 heterocycles. The lowest BCUT2D eigenvalue weighted by Gasteiger charge is -2.12. The zero-order chi connectivity index (χ0) is 13.1. The summed E-state index contributed by atoms with van der Waals surface area (Å²) in [6.45, 7) is 1.94. The van der Waals surface area contributed by atoms with Gasteiger partial charge in [-0.15, -0.1) is 0 Å². The number of anilines is 3. The quantitative estimate of drug-likeness (QED) is 0.804. The number of nitrogen functional groups attached to an aromatic ring is 1. The van der Waals surface area contributed by atoms with Crippen LogP contribution in [-0.4, -0.2) is 0 Å². The molecular weight excluding hydrogens is 246 g/mol. The van der Waals surface area contributed by atoms with E-state index in [9.17, 15) is 0 Å². The van der Waals surface area contributed by atoms with E-state index in [1.54, 1.807) is 18.2 Å². The Kier molecular flexibility index (Phi) is 3.40. The summed E-state index contributed by atoms with van der Waals surface area (Å²) in [5, 5.41) is 12.6. The summed E-state index contributed by atoms with van der Waals surface area (Å²) in [5.41, 5.74) is 9.66. The van der Waals surface area contributed by atoms with E-state index in [-0.39, 0.29) is 0 Å². The van der Waals surface area contributed by atoms with E-state index in [2.05, 4.69) is 11.4 Å². The highest BCUT2D eigenvalue weighted by Crippen LogP contribution is 2.30. The first-order valence-corrected chi connectivity index (χ1v) is 5.81. The number of nitrogens with one attached hydrogen (secondary N) is 1. The molecule has 0 spiro atoms. The summed E-state index contributed by atoms with van der Waals surface area (Å²) in [5.74, 6) is 0. The number of aryl methyl sites for hydroxylation is 1. The molecule has 4 heteroatoms. The Balaban J connectivity index is 2.40. The molecular formula is C14H12ClN3. The lowest BCUT2D eigenvalue weighted by Crippen LogP contribution is -1.99. The van der Waals surface area contributed by atoms with Crippen LogP contribution in [0.2, 0.25) is 5.02 Å². The predicted molar refractivity (Wildman–Crippen MR) is 75.0 cm³/mol. The fourth-order valence-corrected chi connectivity index (χ4v) is 1.79. The van der Waals surface area contributed by atoms with Gasteiger partial charge in [0.1, 0.15) is 0 Å². The van der Waals surface area contributed by atoms with E-state index in [1.165, 1.54) is 0 Å². The minimum atomic E-state index is 0.549. The van der Waals surface area contributed by atoms with Gasteiger partial charge in [-0.2, -0.15) is 5.26 Å². The molecule has 0 fully saturated rings. The molecule has 0 bridgehead atoms. The summed E-state index contributed by atoms with van der Waals surface area (Å²) in [6, 6.07) is 12.9. The number of benzene rings is 2. The molecule has 0 saturated heterocycles. The van der Waals surface area contributed by atoms with Gasteiger partial charge in [-0.05, 0) is 36.8 Å². The summed E-state index contributed by atoms with van der Waals surface area (Å²) < 4.78 is 0. The molecule has 2 aromatic carbocycles. The Morgan fingerprint density at radius 3 is 2.72 bits per heavy atom. The number of nitrogens with zero attached hydrogens (tertiary/aromatic N) is 1. The Morgan fingerprint density at radius 1 is 1.22 bits per heavy atom. The molecule has 0 aliphatic carbocycles. The maximum atomic E-state index is 8.87. The van der Waals surface area contributed by atoms with Crippen molar-refractivity contribution in [2.45, 2.75) is 6.92 Å². The first kappa shape index (κ1) is 12.3. The number of hydrogen-bond acceptors (Lipinski definition) is 3. The Hall–Kier alpha value is -2.18. The molecule has 3 nitrogen and oxygen atoms in total. The molecule has 90 valence electrons. The molecule has 0 unspecified atom stereocenters. The maximum Gasteiger partial charge on any atom is 0.0992 e. The molecule has 0 amide bonds. The normalized spacial score (nSPS) is 9.83. The zero-order valence-corrected chi connectivity index (χ0v) is 10.6. The molecule has 2 aromatic rings. The number of nitrogens with two attached hydrogens (primary N) is 1. The molecule has 0 aliphatic rings. The number of para-hydroxylation sites is 1. The van der Waals surface area contributed by atoms with Gasteiger partial charge in [0.25, 0.3) is 0 Å². The van der Waals surface area contributed by atoms with Crippen molar-refractivity contribution in [3.63, 3.8) is 0 Å². The van der Waals surface area contributed by atoms with Crippen molar-refractivity contribution >= 4 is 28.7 Å². The summed E-state index contributed by atoms with van der Waals surface area (Å²) in [7, 11) is 0. The first-order valence-electron chi connectivity index (χ1n) is 5.43. The van der Waals surface area contributed by atoms with Crippen LogP contribution in [0.15, 0.2) is 36.4 Å². The number of hydrogen-bond donors (Lipinski definition) is 2. The second-order valence-corrected chi connectivity index (χ2v) is 4.37. The monoisotopic (exact) mass is 257 g/mol. The van der Waals surface area contributed by atoms with Crippen molar-refractivity contribution in [1.82, 2.24) is 0 Å². The average Bonchev–Trinajstić information content (AvgIpc) is 2.37. The minimum Gasteiger partial charge on any atom is -0.397 e. The lowest BCUT2D eigenvalue weighted by atomic mass is 10.1. The van der Waals surface area contributed by atoms with Crippen molar-refractivity contribution in [2.75, 3.05) is 11.1 Å². The van der Waals surface area contributed by atoms with E-state index < -0.39 is 0 Å². The van der Waals surface area contributed by atoms with Crippen molar-refractivity contribution in [1.29, 1.82) is 5.26 Å². The highest BCUT2D eigenvalue weighted by molar-refractivity contribution is 6.33. The fourth-order valence-electron chi connectivity index (χ4n) is 1.63. The third kappa shape index (κ3) is 2.39. The number of halogens is 1. The van der Waals surface area contributed by atoms with Gasteiger partial charge in [0, 0.05) is 0 Å². The van der Waals surface area contributed by atoms with Gasteiger partial charge in [-0.3, -0.25) is 0 Å². The third-order valence-electron chi connectivity index (χ3n) is 2.69. The van der Waals surface area contributed by atoms with E-state index in [1.807, 2.05) is 25.1 Å². The second kappa shape index (κ2) is 4.99. The summed E-state index contributed by atoms with van der Waals surface area (Å²) in [4.78, 5) is 0. The SMILES string of the molecule is Cc1cccc(Nc2cc(C#N)ccc2Cl)c1N. The van der Waals surface area contributed by atoms with Gasteiger partial charge < -0.3 is 11.1 Å². The molecule has 18 heavy (non-hydrogen) atoms. The van der Waals surface area contributed by atoms with Gasteiger partial charge in [0.05, 0.1) is 33.7 Å². The molecule has 3 N–H and O–H groups in total. The molecule has 0 atom stereocenters. The van der Waals surface area contributed by atoms with Crippen molar-refractivity contribution < 1.29 is 0 Å². The van der Waals surface area contributed by atoms with E-state index in [4.69, 9.17) is 22.6 Å². The van der Waals surface area contributed by atoms with Gasteiger partial charge in [0.2, 0.25) is 0 Å². The van der Waals surface area contributed by atoms with Crippen LogP contribution in [0.5, 0.6) is 0 Å². The van der Waals surface area contributed by atoms with Crippen molar-refractivity contribution in [3.05, 3.63) is 52.5 Å². The Bertz CT molecular complexity index is 629. The van der Waals surface area contributed by atoms with Gasteiger partial charge in [-0.25, -0.2) is 0 Å². The van der Waals surface area contributed by atoms with Crippen LogP contribution in [0.1, 0.15) is 11.1 Å². The number of nitriles is 1. The van der Waals surface area contributed by atoms with Gasteiger partial charge in [0.15, 0.2) is 0 Å². The zero-order valence-electron chi connectivity index (χ0n) is 9.87. The molecule has 0 aliphatic heterocycles. The molecule has 0 radical (unpaired) electrons. The topological polar surface area (TPSA) is 61.8 Å². The predicted octanol–water partition coefficient (Wildman–Crippen LogP) is 3.85. The molecule has 2 rings (SSSR count). The maximum absolute atomic E-state index is 8.87. The van der Waals surface area contributed by atoms with E-state index in [0.29, 0.717) is 22.0 Å². The highest BCUT2D eigenvalue weighted by atomic mass is 35.5. The minimum absolute atomic E-state index is 0.549. The lowest BCUT2D eigenvalue weighted by molar-refractivity contribution is 1.44. The van der Waals surface area contributed by atoms with E-state index >= 15 is 0 Å². The van der Waals surface area contributed by atoms with Crippen LogP contribution in [0, 0.1) is 18.3 Å². The standard InChI is InChI=1S/C14H12ClN3/c1-9-3-2-4-12(14(9)17)18-13-7-10(8-16)5-6-11(13)15/h2-7,18H,17H2,1H3.